The van der Waals surface area contributed by atoms with E-state index in [9.17, 15) is 27.6 Å². The van der Waals surface area contributed by atoms with Gasteiger partial charge in [0.2, 0.25) is 11.8 Å². The van der Waals surface area contributed by atoms with Gasteiger partial charge in [-0.3, -0.25) is 14.4 Å². The Hall–Kier alpha value is -4.54. The minimum Gasteiger partial charge on any atom is -0.493 e. The van der Waals surface area contributed by atoms with Gasteiger partial charge in [0, 0.05) is 37.5 Å². The van der Waals surface area contributed by atoms with Gasteiger partial charge in [-0.2, -0.15) is 13.2 Å². The van der Waals surface area contributed by atoms with E-state index in [1.807, 2.05) is 30.3 Å². The summed E-state index contributed by atoms with van der Waals surface area (Å²) in [6, 6.07) is 17.9. The highest BCUT2D eigenvalue weighted by molar-refractivity contribution is 5.90. The van der Waals surface area contributed by atoms with Crippen molar-refractivity contribution in [3.8, 4) is 11.5 Å². The molecular weight excluding hydrogens is 601 g/mol. The zero-order valence-corrected chi connectivity index (χ0v) is 25.8. The second-order valence-corrected chi connectivity index (χ2v) is 11.9. The molecular formula is C35H37F3N2O6. The molecule has 1 N–H and O–H groups in total. The lowest BCUT2D eigenvalue weighted by molar-refractivity contribution is -0.142. The van der Waals surface area contributed by atoms with Crippen molar-refractivity contribution in [3.05, 3.63) is 94.5 Å². The van der Waals surface area contributed by atoms with Crippen LogP contribution in [0.1, 0.15) is 58.9 Å². The highest BCUT2D eigenvalue weighted by Gasteiger charge is 2.40. The maximum absolute atomic E-state index is 14.5. The maximum atomic E-state index is 14.5. The molecule has 1 saturated heterocycles. The number of carboxylic acids is 1. The Morgan fingerprint density at radius 2 is 1.63 bits per heavy atom. The minimum atomic E-state index is -4.62. The Balaban J connectivity index is 1.59. The van der Waals surface area contributed by atoms with Crippen LogP contribution >= 0.6 is 0 Å². The Kier molecular flexibility index (Phi) is 9.88. The molecule has 2 amide bonds. The lowest BCUT2D eigenvalue weighted by Crippen LogP contribution is -2.47. The van der Waals surface area contributed by atoms with E-state index >= 15 is 0 Å². The standard InChI is InChI=1S/C35H37F3N2O6/c1-45-30-10-6-9-26(33(30)46-2)29-20-40(21-31(41)39-15-13-23(14-16-39)18-32(42)43)34(44)28(17-22-7-4-3-5-8-22)25-12-11-24(19-27(25)29)35(36,37)38/h3-12,19,23,28-29H,13-18,20-21H2,1-2H3,(H,42,43). The number of hydrogen-bond acceptors (Lipinski definition) is 5. The van der Waals surface area contributed by atoms with E-state index in [-0.39, 0.29) is 43.7 Å². The van der Waals surface area contributed by atoms with Gasteiger partial charge in [0.05, 0.1) is 32.2 Å². The van der Waals surface area contributed by atoms with Crippen LogP contribution in [0.3, 0.4) is 0 Å². The van der Waals surface area contributed by atoms with Crippen LogP contribution in [0.2, 0.25) is 0 Å². The molecule has 0 saturated carbocycles. The number of carbonyl (C=O) groups is 3. The highest BCUT2D eigenvalue weighted by Crippen LogP contribution is 2.45. The molecule has 244 valence electrons. The molecule has 8 nitrogen and oxygen atoms in total. The van der Waals surface area contributed by atoms with E-state index < -0.39 is 29.5 Å². The molecule has 2 aliphatic heterocycles. The molecule has 2 aliphatic rings. The third-order valence-corrected chi connectivity index (χ3v) is 9.03. The van der Waals surface area contributed by atoms with Crippen molar-refractivity contribution in [2.24, 2.45) is 5.92 Å². The second kappa shape index (κ2) is 13.8. The number of aliphatic carboxylic acids is 1. The number of carboxylic acid groups (broad SMARTS) is 1. The van der Waals surface area contributed by atoms with Crippen LogP contribution in [0.5, 0.6) is 11.5 Å². The van der Waals surface area contributed by atoms with Crippen molar-refractivity contribution < 1.29 is 42.1 Å². The summed E-state index contributed by atoms with van der Waals surface area (Å²) < 4.78 is 53.6. The number of benzene rings is 3. The fraction of sp³-hybridized carbons (Fsp3) is 0.400. The number of hydrogen-bond donors (Lipinski definition) is 1. The average molecular weight is 639 g/mol. The molecule has 2 heterocycles. The van der Waals surface area contributed by atoms with Gasteiger partial charge in [0.15, 0.2) is 11.5 Å². The molecule has 0 aromatic heterocycles. The maximum Gasteiger partial charge on any atom is 0.416 e. The first-order valence-corrected chi connectivity index (χ1v) is 15.2. The van der Waals surface area contributed by atoms with Crippen LogP contribution in [-0.2, 0) is 27.0 Å². The highest BCUT2D eigenvalue weighted by atomic mass is 19.4. The van der Waals surface area contributed by atoms with Gasteiger partial charge >= 0.3 is 12.1 Å². The quantitative estimate of drug-likeness (QED) is 0.322. The second-order valence-electron chi connectivity index (χ2n) is 11.9. The van der Waals surface area contributed by atoms with Crippen LogP contribution < -0.4 is 9.47 Å². The predicted octanol–water partition coefficient (Wildman–Crippen LogP) is 5.74. The normalized spacial score (nSPS) is 18.9. The lowest BCUT2D eigenvalue weighted by atomic mass is 9.82. The molecule has 1 fully saturated rings. The Bertz CT molecular complexity index is 1570. The summed E-state index contributed by atoms with van der Waals surface area (Å²) in [6.45, 7) is 0.406. The van der Waals surface area contributed by atoms with Gasteiger partial charge < -0.3 is 24.4 Å². The fourth-order valence-corrected chi connectivity index (χ4v) is 6.67. The van der Waals surface area contributed by atoms with Crippen LogP contribution in [0.4, 0.5) is 13.2 Å². The number of amides is 2. The van der Waals surface area contributed by atoms with Crippen molar-refractivity contribution in [2.45, 2.75) is 43.7 Å². The monoisotopic (exact) mass is 638 g/mol. The zero-order valence-electron chi connectivity index (χ0n) is 25.8. The summed E-state index contributed by atoms with van der Waals surface area (Å²) in [4.78, 5) is 42.4. The van der Waals surface area contributed by atoms with Crippen molar-refractivity contribution in [3.63, 3.8) is 0 Å². The van der Waals surface area contributed by atoms with Gasteiger partial charge in [0.1, 0.15) is 0 Å². The van der Waals surface area contributed by atoms with E-state index in [4.69, 9.17) is 14.6 Å². The number of halogens is 3. The Morgan fingerprint density at radius 1 is 0.913 bits per heavy atom. The fourth-order valence-electron chi connectivity index (χ4n) is 6.67. The van der Waals surface area contributed by atoms with E-state index in [2.05, 4.69) is 0 Å². The number of fused-ring (bicyclic) bond motifs is 1. The number of alkyl halides is 3. The number of nitrogens with zero attached hydrogens (tertiary/aromatic N) is 2. The van der Waals surface area contributed by atoms with E-state index in [0.29, 0.717) is 54.1 Å². The third-order valence-electron chi connectivity index (χ3n) is 9.03. The molecule has 3 aromatic carbocycles. The molecule has 0 aliphatic carbocycles. The first-order chi connectivity index (χ1) is 22.0. The Labute approximate surface area is 265 Å². The number of carbonyl (C=O) groups excluding carboxylic acids is 2. The van der Waals surface area contributed by atoms with Crippen molar-refractivity contribution in [2.75, 3.05) is 40.4 Å². The summed E-state index contributed by atoms with van der Waals surface area (Å²) in [5.74, 6) is -2.47. The molecule has 11 heteroatoms. The van der Waals surface area contributed by atoms with Crippen molar-refractivity contribution in [1.29, 1.82) is 0 Å². The zero-order chi connectivity index (χ0) is 33.0. The summed E-state index contributed by atoms with van der Waals surface area (Å²) in [6.07, 6.45) is -3.27. The van der Waals surface area contributed by atoms with Crippen LogP contribution in [-0.4, -0.2) is 73.1 Å². The van der Waals surface area contributed by atoms with Gasteiger partial charge in [-0.15, -0.1) is 0 Å². The van der Waals surface area contributed by atoms with E-state index in [0.717, 1.165) is 17.7 Å². The van der Waals surface area contributed by atoms with Crippen LogP contribution in [0, 0.1) is 5.92 Å². The van der Waals surface area contributed by atoms with Crippen molar-refractivity contribution in [1.82, 2.24) is 9.80 Å². The number of likely N-dealkylation sites (tertiary alicyclic amines) is 1. The number of methoxy groups -OCH3 is 2. The summed E-state index contributed by atoms with van der Waals surface area (Å²) in [5, 5.41) is 9.16. The molecule has 46 heavy (non-hydrogen) atoms. The van der Waals surface area contributed by atoms with Gasteiger partial charge in [0.25, 0.3) is 0 Å². The number of piperidine rings is 1. The van der Waals surface area contributed by atoms with Crippen molar-refractivity contribution >= 4 is 17.8 Å². The van der Waals surface area contributed by atoms with E-state index in [1.165, 1.54) is 25.2 Å². The third kappa shape index (κ3) is 7.13. The summed E-state index contributed by atoms with van der Waals surface area (Å²) >= 11 is 0. The molecule has 0 bridgehead atoms. The topological polar surface area (TPSA) is 96.4 Å². The molecule has 0 spiro atoms. The average Bonchev–Trinajstić information content (AvgIpc) is 3.14. The molecule has 0 radical (unpaired) electrons. The van der Waals surface area contributed by atoms with Gasteiger partial charge in [-0.05, 0) is 60.1 Å². The van der Waals surface area contributed by atoms with E-state index in [1.54, 1.807) is 23.1 Å². The number of rotatable bonds is 9. The smallest absolute Gasteiger partial charge is 0.416 e. The lowest BCUT2D eigenvalue weighted by Gasteiger charge is -2.34. The first kappa shape index (κ1) is 32.8. The molecule has 2 atom stereocenters. The summed E-state index contributed by atoms with van der Waals surface area (Å²) in [5.41, 5.74) is 1.32. The number of para-hydroxylation sites is 1. The molecule has 3 aromatic rings. The molecule has 2 unspecified atom stereocenters. The number of ether oxygens (including phenoxy) is 2. The summed E-state index contributed by atoms with van der Waals surface area (Å²) in [7, 11) is 2.91. The molecule has 5 rings (SSSR count). The van der Waals surface area contributed by atoms with Crippen LogP contribution in [0.15, 0.2) is 66.7 Å². The first-order valence-electron chi connectivity index (χ1n) is 15.2. The largest absolute Gasteiger partial charge is 0.493 e. The minimum absolute atomic E-state index is 0.0288. The van der Waals surface area contributed by atoms with Gasteiger partial charge in [-0.1, -0.05) is 48.5 Å². The van der Waals surface area contributed by atoms with Crippen LogP contribution in [0.25, 0.3) is 0 Å². The Morgan fingerprint density at radius 3 is 2.26 bits per heavy atom. The van der Waals surface area contributed by atoms with Gasteiger partial charge in [-0.25, -0.2) is 0 Å². The SMILES string of the molecule is COc1cccc(C2CN(CC(=O)N3CCC(CC(=O)O)CC3)C(=O)C(Cc3ccccc3)c3ccc(C(F)(F)F)cc32)c1OC. The predicted molar refractivity (Wildman–Crippen MR) is 164 cm³/mol.